The summed E-state index contributed by atoms with van der Waals surface area (Å²) in [7, 11) is 1.44. The van der Waals surface area contributed by atoms with Crippen molar-refractivity contribution in [2.45, 2.75) is 98.6 Å². The number of ketones is 1. The van der Waals surface area contributed by atoms with Crippen molar-refractivity contribution in [3.63, 3.8) is 0 Å². The highest BCUT2D eigenvalue weighted by Gasteiger charge is 2.50. The van der Waals surface area contributed by atoms with Gasteiger partial charge in [-0.25, -0.2) is 0 Å². The molecule has 5 bridgehead atoms. The third-order valence-electron chi connectivity index (χ3n) is 11.9. The maximum atomic E-state index is 14.5. The van der Waals surface area contributed by atoms with Gasteiger partial charge in [0.1, 0.15) is 23.4 Å². The van der Waals surface area contributed by atoms with E-state index in [0.717, 1.165) is 0 Å². The van der Waals surface area contributed by atoms with Crippen molar-refractivity contribution in [1.29, 1.82) is 0 Å². The number of morpholine rings is 1. The first-order valence-electron chi connectivity index (χ1n) is 20.1. The molecule has 2 aromatic carbocycles. The van der Waals surface area contributed by atoms with Crippen LogP contribution in [0.3, 0.4) is 0 Å². The van der Waals surface area contributed by atoms with Crippen molar-refractivity contribution < 1.29 is 68.0 Å². The molecular weight excluding hydrogens is 780 g/mol. The standard InChI is InChI=1S/C44H58N2O14/c1-21-12-11-13-22(2)43(54)45-29-18-31(57-20-32(48)46-15-17-56-19-23(46)3)33-34(39(29)52)38(51)27(7)41-35(33)42(53)44(9,60-41)58-16-14-30(55-10)24(4)40(59-28(8)47)26(6)37(50)25(5)36(21)49/h11-14,16,18,21,23-26,30,36-37,40,49-52H,15,17,19-20H2,1-10H3,(H,45,54)/b12-11+,16-14+,22-13-. The van der Waals surface area contributed by atoms with Crippen molar-refractivity contribution in [3.05, 3.63) is 53.3 Å². The average Bonchev–Trinajstić information content (AvgIpc) is 3.48. The van der Waals surface area contributed by atoms with Crippen LogP contribution in [-0.4, -0.2) is 119 Å². The number of esters is 1. The van der Waals surface area contributed by atoms with E-state index in [1.807, 2.05) is 6.92 Å². The van der Waals surface area contributed by atoms with E-state index in [1.54, 1.807) is 44.7 Å². The Morgan fingerprint density at radius 3 is 2.33 bits per heavy atom. The second-order valence-corrected chi connectivity index (χ2v) is 16.2. The number of aliphatic hydroxyl groups excluding tert-OH is 2. The quantitative estimate of drug-likeness (QED) is 0.204. The molecule has 4 aliphatic rings. The molecule has 10 unspecified atom stereocenters. The van der Waals surface area contributed by atoms with E-state index < -0.39 is 89.6 Å². The Kier molecular flexibility index (Phi) is 14.3. The second kappa shape index (κ2) is 18.6. The highest BCUT2D eigenvalue weighted by molar-refractivity contribution is 6.21. The molecule has 0 spiro atoms. The number of aromatic hydroxyl groups is 2. The molecule has 4 heterocycles. The Morgan fingerprint density at radius 1 is 0.983 bits per heavy atom. The number of nitrogens with zero attached hydrogens (tertiary/aromatic N) is 1. The van der Waals surface area contributed by atoms with Crippen LogP contribution in [0.15, 0.2) is 42.2 Å². The van der Waals surface area contributed by atoms with Gasteiger partial charge in [-0.05, 0) is 26.8 Å². The van der Waals surface area contributed by atoms with Crippen molar-refractivity contribution in [1.82, 2.24) is 4.90 Å². The van der Waals surface area contributed by atoms with E-state index in [2.05, 4.69) is 5.32 Å². The number of Topliss-reactive ketones (excluding diaryl/α,β-unsaturated/α-hetero) is 1. The number of phenols is 2. The summed E-state index contributed by atoms with van der Waals surface area (Å²) in [6.07, 6.45) is 3.57. The maximum absolute atomic E-state index is 14.5. The third kappa shape index (κ3) is 9.11. The van der Waals surface area contributed by atoms with Crippen LogP contribution in [0.5, 0.6) is 23.0 Å². The van der Waals surface area contributed by atoms with Gasteiger partial charge < -0.3 is 59.1 Å². The minimum absolute atomic E-state index is 0.0638. The predicted octanol–water partition coefficient (Wildman–Crippen LogP) is 4.67. The molecule has 0 radical (unpaired) electrons. The zero-order valence-electron chi connectivity index (χ0n) is 35.8. The van der Waals surface area contributed by atoms with Gasteiger partial charge in [0.2, 0.25) is 0 Å². The Morgan fingerprint density at radius 2 is 1.68 bits per heavy atom. The summed E-state index contributed by atoms with van der Waals surface area (Å²) in [5, 5.41) is 48.5. The van der Waals surface area contributed by atoms with Crippen LogP contribution in [0, 0.1) is 30.6 Å². The number of ether oxygens (including phenoxy) is 6. The molecule has 1 saturated heterocycles. The number of hydrogen-bond donors (Lipinski definition) is 5. The largest absolute Gasteiger partial charge is 0.507 e. The maximum Gasteiger partial charge on any atom is 0.312 e. The summed E-state index contributed by atoms with van der Waals surface area (Å²) >= 11 is 0. The van der Waals surface area contributed by atoms with Crippen LogP contribution < -0.4 is 14.8 Å². The summed E-state index contributed by atoms with van der Waals surface area (Å²) in [4.78, 5) is 55.5. The Bertz CT molecular complexity index is 2080. The van der Waals surface area contributed by atoms with Gasteiger partial charge in [-0.15, -0.1) is 0 Å². The number of nitrogens with one attached hydrogen (secondary N) is 1. The van der Waals surface area contributed by atoms with E-state index in [9.17, 15) is 39.6 Å². The number of methoxy groups -OCH3 is 1. The summed E-state index contributed by atoms with van der Waals surface area (Å²) in [5.41, 5.74) is -0.0340. The SMILES string of the molecule is COC1/C=C/OC2(C)Oc3c(C)c(O)c4c(O)c(cc(OCC(=O)N5CCOCC5C)c4c3C2=O)NC(=O)/C(C)=C\C=C\C(C)C(O)C(C)C(O)C(C)C(OC(C)=O)C1C. The van der Waals surface area contributed by atoms with Gasteiger partial charge in [0.25, 0.3) is 17.6 Å². The molecule has 1 fully saturated rings. The van der Waals surface area contributed by atoms with E-state index in [-0.39, 0.29) is 56.6 Å². The van der Waals surface area contributed by atoms with Crippen molar-refractivity contribution in [2.24, 2.45) is 23.7 Å². The minimum atomic E-state index is -2.03. The lowest BCUT2D eigenvalue weighted by atomic mass is 9.78. The third-order valence-corrected chi connectivity index (χ3v) is 11.9. The van der Waals surface area contributed by atoms with Crippen LogP contribution in [0.4, 0.5) is 5.69 Å². The number of phenolic OH excluding ortho intramolecular Hbond substituents is 2. The van der Waals surface area contributed by atoms with Gasteiger partial charge in [0.05, 0.1) is 60.5 Å². The summed E-state index contributed by atoms with van der Waals surface area (Å²) < 4.78 is 35.3. The lowest BCUT2D eigenvalue weighted by molar-refractivity contribution is -0.160. The summed E-state index contributed by atoms with van der Waals surface area (Å²) in [6.45, 7) is 14.9. The molecule has 2 aromatic rings. The number of rotatable bonds is 5. The molecule has 5 N–H and O–H groups in total. The number of amides is 2. The molecule has 6 rings (SSSR count). The van der Waals surface area contributed by atoms with Gasteiger partial charge in [0.15, 0.2) is 12.4 Å². The fourth-order valence-electron chi connectivity index (χ4n) is 8.07. The molecule has 0 aliphatic carbocycles. The van der Waals surface area contributed by atoms with Crippen LogP contribution in [0.2, 0.25) is 0 Å². The number of aliphatic hydroxyl groups is 2. The van der Waals surface area contributed by atoms with Crippen LogP contribution in [0.25, 0.3) is 10.8 Å². The second-order valence-electron chi connectivity index (χ2n) is 16.2. The molecule has 16 nitrogen and oxygen atoms in total. The number of anilines is 1. The molecular formula is C44H58N2O14. The molecule has 2 amide bonds. The molecule has 0 saturated carbocycles. The topological polar surface area (TPSA) is 220 Å². The highest BCUT2D eigenvalue weighted by Crippen LogP contribution is 2.54. The van der Waals surface area contributed by atoms with E-state index >= 15 is 0 Å². The zero-order chi connectivity index (χ0) is 44.4. The van der Waals surface area contributed by atoms with Gasteiger partial charge in [-0.3, -0.25) is 19.2 Å². The average molecular weight is 839 g/mol. The Balaban J connectivity index is 1.66. The number of allylic oxidation sites excluding steroid dienone is 2. The van der Waals surface area contributed by atoms with E-state index in [4.69, 9.17) is 28.4 Å². The summed E-state index contributed by atoms with van der Waals surface area (Å²) in [5.74, 6) is -8.10. The monoisotopic (exact) mass is 838 g/mol. The van der Waals surface area contributed by atoms with Gasteiger partial charge in [-0.2, -0.15) is 0 Å². The molecule has 16 heteroatoms. The first kappa shape index (κ1) is 45.9. The Labute approximate surface area is 349 Å². The minimum Gasteiger partial charge on any atom is -0.507 e. The smallest absolute Gasteiger partial charge is 0.312 e. The fraction of sp³-hybridized carbons (Fsp3) is 0.545. The van der Waals surface area contributed by atoms with Gasteiger partial charge in [0, 0.05) is 73.8 Å². The van der Waals surface area contributed by atoms with Gasteiger partial charge in [-0.1, -0.05) is 45.9 Å². The molecule has 0 aromatic heterocycles. The normalized spacial score (nSPS) is 32.4. The lowest BCUT2D eigenvalue weighted by Gasteiger charge is -2.38. The first-order valence-corrected chi connectivity index (χ1v) is 20.1. The molecule has 60 heavy (non-hydrogen) atoms. The van der Waals surface area contributed by atoms with Crippen LogP contribution in [-0.2, 0) is 33.3 Å². The number of carbonyl (C=O) groups is 4. The number of hydrogen-bond acceptors (Lipinski definition) is 14. The highest BCUT2D eigenvalue weighted by atomic mass is 16.7. The molecule has 10 atom stereocenters. The van der Waals surface area contributed by atoms with Crippen molar-refractivity contribution >= 4 is 40.0 Å². The number of carbonyl (C=O) groups excluding carboxylic acids is 4. The first-order chi connectivity index (χ1) is 28.2. The van der Waals surface area contributed by atoms with Crippen molar-refractivity contribution in [3.8, 4) is 23.0 Å². The number of benzene rings is 2. The Hall–Kier alpha value is -5.16. The fourth-order valence-corrected chi connectivity index (χ4v) is 8.07. The summed E-state index contributed by atoms with van der Waals surface area (Å²) in [6, 6.07) is 1.03. The predicted molar refractivity (Wildman–Crippen MR) is 220 cm³/mol. The number of fused-ring (bicyclic) bond motifs is 14. The van der Waals surface area contributed by atoms with Crippen molar-refractivity contribution in [2.75, 3.05) is 38.8 Å². The lowest BCUT2D eigenvalue weighted by Crippen LogP contribution is -2.48. The molecule has 328 valence electrons. The van der Waals surface area contributed by atoms with E-state index in [1.165, 1.54) is 59.3 Å². The van der Waals surface area contributed by atoms with Crippen LogP contribution in [0.1, 0.15) is 71.3 Å². The molecule has 4 aliphatic heterocycles. The van der Waals surface area contributed by atoms with Crippen LogP contribution >= 0.6 is 0 Å². The van der Waals surface area contributed by atoms with Gasteiger partial charge >= 0.3 is 11.8 Å². The van der Waals surface area contributed by atoms with E-state index in [0.29, 0.717) is 19.8 Å². The zero-order valence-corrected chi connectivity index (χ0v) is 35.8.